The van der Waals surface area contributed by atoms with Crippen LogP contribution >= 0.6 is 0 Å². The number of fused-ring (bicyclic) bond motifs is 1. The van der Waals surface area contributed by atoms with Crippen LogP contribution in [0.3, 0.4) is 0 Å². The highest BCUT2D eigenvalue weighted by atomic mass is 19.4. The molecule has 4 aromatic rings. The number of hydrogen-bond acceptors (Lipinski definition) is 6. The molecule has 8 nitrogen and oxygen atoms in total. The summed E-state index contributed by atoms with van der Waals surface area (Å²) in [6.45, 7) is 0. The molecule has 1 aliphatic carbocycles. The first-order chi connectivity index (χ1) is 19.6. The zero-order valence-corrected chi connectivity index (χ0v) is 22.2. The standard InChI is InChI=1S/C16H11F4N3O.C6H12.C5H4F3N3O/c1-23-5-4-8-6-10(12(17)7-9(8)15(23)24)13-3-2-11(14(21)22-13)16(18,19)20;1-2-4-6-5-3-1;6-5(7,8)3-2(9)1-10-11-4(3)12/h2-7H,1H3,(H2,21,22);1-6H2;1H,(H3,9,11,12). The summed E-state index contributed by atoms with van der Waals surface area (Å²) < 4.78 is 89.7. The summed E-state index contributed by atoms with van der Waals surface area (Å²) in [5, 5.41) is 5.36. The van der Waals surface area contributed by atoms with E-state index in [0.717, 1.165) is 24.4 Å². The van der Waals surface area contributed by atoms with Crippen LogP contribution in [0.25, 0.3) is 22.0 Å². The predicted molar refractivity (Wildman–Crippen MR) is 144 cm³/mol. The fourth-order valence-electron chi connectivity index (χ4n) is 4.19. The van der Waals surface area contributed by atoms with Gasteiger partial charge in [0.15, 0.2) is 0 Å². The Hall–Kier alpha value is -4.43. The van der Waals surface area contributed by atoms with Gasteiger partial charge in [0.05, 0.1) is 28.5 Å². The van der Waals surface area contributed by atoms with Gasteiger partial charge in [-0.2, -0.15) is 31.4 Å². The van der Waals surface area contributed by atoms with Gasteiger partial charge >= 0.3 is 12.4 Å². The van der Waals surface area contributed by atoms with Crippen LogP contribution in [0, 0.1) is 5.82 Å². The van der Waals surface area contributed by atoms with E-state index in [-0.39, 0.29) is 22.2 Å². The lowest BCUT2D eigenvalue weighted by Crippen LogP contribution is -2.24. The molecule has 1 fully saturated rings. The Bertz CT molecular complexity index is 1650. The highest BCUT2D eigenvalue weighted by molar-refractivity contribution is 5.86. The predicted octanol–water partition coefficient (Wildman–Crippen LogP) is 6.05. The van der Waals surface area contributed by atoms with E-state index in [1.165, 1.54) is 62.4 Å². The number of anilines is 2. The van der Waals surface area contributed by atoms with Crippen LogP contribution in [0.4, 0.5) is 42.2 Å². The topological polar surface area (TPSA) is 133 Å². The number of H-pyrrole nitrogens is 1. The highest BCUT2D eigenvalue weighted by Crippen LogP contribution is 2.35. The molecule has 0 radical (unpaired) electrons. The van der Waals surface area contributed by atoms with Crippen molar-refractivity contribution in [3.8, 4) is 11.3 Å². The van der Waals surface area contributed by atoms with Gasteiger partial charge in [-0.25, -0.2) is 14.5 Å². The lowest BCUT2D eigenvalue weighted by molar-refractivity contribution is -0.138. The number of pyridine rings is 2. The SMILES string of the molecule is C1CCCCC1.Cn1ccc2cc(-c3ccc(C(F)(F)F)c(N)n3)c(F)cc2c1=O.Nc1cn[nH]c(=O)c1C(F)(F)F. The van der Waals surface area contributed by atoms with Crippen molar-refractivity contribution in [2.24, 2.45) is 7.05 Å². The highest BCUT2D eigenvalue weighted by Gasteiger charge is 2.36. The van der Waals surface area contributed by atoms with Crippen LogP contribution in [-0.2, 0) is 19.4 Å². The van der Waals surface area contributed by atoms with Crippen molar-refractivity contribution < 1.29 is 30.7 Å². The van der Waals surface area contributed by atoms with Crippen LogP contribution in [0.5, 0.6) is 0 Å². The molecule has 42 heavy (non-hydrogen) atoms. The summed E-state index contributed by atoms with van der Waals surface area (Å²) in [7, 11) is 1.53. The van der Waals surface area contributed by atoms with Crippen LogP contribution in [0.15, 0.2) is 52.3 Å². The molecule has 0 saturated heterocycles. The maximum atomic E-state index is 14.3. The van der Waals surface area contributed by atoms with Gasteiger partial charge in [0.1, 0.15) is 17.2 Å². The normalized spacial score (nSPS) is 13.5. The van der Waals surface area contributed by atoms with Crippen molar-refractivity contribution in [2.45, 2.75) is 50.9 Å². The largest absolute Gasteiger partial charge is 0.423 e. The maximum absolute atomic E-state index is 14.3. The lowest BCUT2D eigenvalue weighted by atomic mass is 10.0. The smallest absolute Gasteiger partial charge is 0.397 e. The molecule has 226 valence electrons. The third-order valence-electron chi connectivity index (χ3n) is 6.34. The number of aromatic nitrogens is 4. The van der Waals surface area contributed by atoms with Gasteiger partial charge in [-0.1, -0.05) is 38.5 Å². The number of benzene rings is 1. The molecule has 1 saturated carbocycles. The molecule has 0 atom stereocenters. The summed E-state index contributed by atoms with van der Waals surface area (Å²) in [6.07, 6.45) is 1.88. The second kappa shape index (κ2) is 13.0. The summed E-state index contributed by atoms with van der Waals surface area (Å²) in [6, 6.07) is 5.81. The summed E-state index contributed by atoms with van der Waals surface area (Å²) in [5.41, 5.74) is 5.31. The molecule has 5 rings (SSSR count). The number of alkyl halides is 6. The van der Waals surface area contributed by atoms with Crippen LogP contribution < -0.4 is 22.6 Å². The summed E-state index contributed by atoms with van der Waals surface area (Å²) in [5.74, 6) is -1.50. The molecule has 0 aliphatic heterocycles. The molecule has 0 unspecified atom stereocenters. The molecule has 1 aromatic carbocycles. The fraction of sp³-hybridized carbons (Fsp3) is 0.333. The van der Waals surface area contributed by atoms with Gasteiger partial charge < -0.3 is 16.0 Å². The molecule has 3 aromatic heterocycles. The van der Waals surface area contributed by atoms with E-state index in [0.29, 0.717) is 5.39 Å². The van der Waals surface area contributed by atoms with Gasteiger partial charge in [0.25, 0.3) is 11.1 Å². The Morgan fingerprint density at radius 3 is 1.95 bits per heavy atom. The number of nitrogen functional groups attached to an aromatic ring is 2. The zero-order chi connectivity index (χ0) is 31.2. The van der Waals surface area contributed by atoms with E-state index in [4.69, 9.17) is 11.5 Å². The zero-order valence-electron chi connectivity index (χ0n) is 22.2. The number of aryl methyl sites for hydroxylation is 1. The molecule has 3 heterocycles. The van der Waals surface area contributed by atoms with E-state index in [1.54, 1.807) is 11.2 Å². The molecule has 0 amide bonds. The van der Waals surface area contributed by atoms with Crippen molar-refractivity contribution in [1.82, 2.24) is 19.7 Å². The van der Waals surface area contributed by atoms with Gasteiger partial charge in [0, 0.05) is 18.8 Å². The van der Waals surface area contributed by atoms with E-state index < -0.39 is 46.4 Å². The second-order valence-electron chi connectivity index (χ2n) is 9.43. The van der Waals surface area contributed by atoms with Gasteiger partial charge in [-0.3, -0.25) is 9.59 Å². The quantitative estimate of drug-likeness (QED) is 0.228. The van der Waals surface area contributed by atoms with Gasteiger partial charge in [-0.15, -0.1) is 0 Å². The van der Waals surface area contributed by atoms with Crippen LogP contribution in [-0.4, -0.2) is 19.7 Å². The van der Waals surface area contributed by atoms with Crippen molar-refractivity contribution in [3.05, 3.63) is 80.4 Å². The van der Waals surface area contributed by atoms with Crippen molar-refractivity contribution in [3.63, 3.8) is 0 Å². The van der Waals surface area contributed by atoms with Crippen LogP contribution in [0.2, 0.25) is 0 Å². The van der Waals surface area contributed by atoms with Crippen molar-refractivity contribution in [1.29, 1.82) is 0 Å². The van der Waals surface area contributed by atoms with E-state index in [9.17, 15) is 40.3 Å². The number of halogens is 7. The minimum absolute atomic E-state index is 0.0313. The monoisotopic (exact) mass is 600 g/mol. The number of nitrogens with one attached hydrogen (secondary N) is 1. The second-order valence-corrected chi connectivity index (χ2v) is 9.43. The Kier molecular flexibility index (Phi) is 9.96. The van der Waals surface area contributed by atoms with Crippen molar-refractivity contribution >= 4 is 22.3 Å². The average Bonchev–Trinajstić information content (AvgIpc) is 2.91. The summed E-state index contributed by atoms with van der Waals surface area (Å²) >= 11 is 0. The number of aromatic amines is 1. The van der Waals surface area contributed by atoms with Crippen molar-refractivity contribution in [2.75, 3.05) is 11.5 Å². The third-order valence-corrected chi connectivity index (χ3v) is 6.34. The summed E-state index contributed by atoms with van der Waals surface area (Å²) in [4.78, 5) is 26.2. The Morgan fingerprint density at radius 2 is 1.48 bits per heavy atom. The number of rotatable bonds is 1. The van der Waals surface area contributed by atoms with E-state index in [2.05, 4.69) is 10.1 Å². The van der Waals surface area contributed by atoms with Gasteiger partial charge in [-0.05, 0) is 35.7 Å². The third kappa shape index (κ3) is 7.85. The number of nitrogens with two attached hydrogens (primary N) is 2. The first-order valence-electron chi connectivity index (χ1n) is 12.6. The average molecular weight is 601 g/mol. The Labute approximate surface area is 234 Å². The molecule has 5 N–H and O–H groups in total. The minimum atomic E-state index is -4.74. The molecular weight excluding hydrogens is 573 g/mol. The lowest BCUT2D eigenvalue weighted by Gasteiger charge is -2.11. The Balaban J connectivity index is 0.000000221. The molecule has 0 bridgehead atoms. The van der Waals surface area contributed by atoms with Crippen LogP contribution in [0.1, 0.15) is 49.7 Å². The van der Waals surface area contributed by atoms with E-state index >= 15 is 0 Å². The number of nitrogens with zero attached hydrogens (tertiary/aromatic N) is 3. The molecule has 15 heteroatoms. The first-order valence-corrected chi connectivity index (χ1v) is 12.6. The minimum Gasteiger partial charge on any atom is -0.397 e. The maximum Gasteiger partial charge on any atom is 0.423 e. The molecule has 0 spiro atoms. The van der Waals surface area contributed by atoms with E-state index in [1.807, 2.05) is 0 Å². The first kappa shape index (κ1) is 32.1. The molecular formula is C27H27F7N6O2. The molecule has 1 aliphatic rings. The number of hydrogen-bond donors (Lipinski definition) is 3. The fourth-order valence-corrected chi connectivity index (χ4v) is 4.19. The van der Waals surface area contributed by atoms with Gasteiger partial charge in [0.2, 0.25) is 0 Å². The Morgan fingerprint density at radius 1 is 0.881 bits per heavy atom.